The Kier molecular flexibility index (Phi) is 4.23. The molecule has 2 unspecified atom stereocenters. The molecule has 2 aromatic heterocycles. The fourth-order valence-corrected chi connectivity index (χ4v) is 4.77. The lowest BCUT2D eigenvalue weighted by molar-refractivity contribution is -0.751. The van der Waals surface area contributed by atoms with E-state index in [1.165, 1.54) is 67.6 Å². The molecule has 2 aliphatic carbocycles. The molecule has 0 saturated carbocycles. The molecule has 0 aliphatic heterocycles. The number of rotatable bonds is 4. The second kappa shape index (κ2) is 6.38. The summed E-state index contributed by atoms with van der Waals surface area (Å²) >= 11 is 0. The van der Waals surface area contributed by atoms with Gasteiger partial charge in [0.25, 0.3) is 0 Å². The summed E-state index contributed by atoms with van der Waals surface area (Å²) in [6.07, 6.45) is 11.3. The van der Waals surface area contributed by atoms with Crippen LogP contribution >= 0.6 is 0 Å². The predicted molar refractivity (Wildman–Crippen MR) is 95.0 cm³/mol. The van der Waals surface area contributed by atoms with Crippen LogP contribution < -0.4 is 4.68 Å². The van der Waals surface area contributed by atoms with E-state index in [1.54, 1.807) is 5.56 Å². The molecule has 2 heterocycles. The number of hydrogen-bond donors (Lipinski definition) is 2. The van der Waals surface area contributed by atoms with Gasteiger partial charge in [-0.25, -0.2) is 0 Å². The lowest BCUT2D eigenvalue weighted by Gasteiger charge is -2.23. The Morgan fingerprint density at radius 1 is 1.29 bits per heavy atom. The van der Waals surface area contributed by atoms with E-state index in [0.29, 0.717) is 0 Å². The van der Waals surface area contributed by atoms with Crippen molar-refractivity contribution in [3.63, 3.8) is 0 Å². The van der Waals surface area contributed by atoms with Gasteiger partial charge in [-0.3, -0.25) is 5.10 Å². The number of aromatic nitrogens is 4. The fourth-order valence-electron chi connectivity index (χ4n) is 4.77. The van der Waals surface area contributed by atoms with Gasteiger partial charge in [-0.1, -0.05) is 13.8 Å². The highest BCUT2D eigenvalue weighted by molar-refractivity contribution is 5.27. The van der Waals surface area contributed by atoms with E-state index >= 15 is 0 Å². The molecule has 130 valence electrons. The lowest BCUT2D eigenvalue weighted by Crippen LogP contribution is -2.37. The normalized spacial score (nSPS) is 23.3. The van der Waals surface area contributed by atoms with Gasteiger partial charge in [0, 0.05) is 23.6 Å². The maximum atomic E-state index is 4.38. The van der Waals surface area contributed by atoms with Crippen molar-refractivity contribution in [2.24, 2.45) is 11.8 Å². The molecule has 0 bridgehead atoms. The van der Waals surface area contributed by atoms with Crippen molar-refractivity contribution in [2.45, 2.75) is 78.2 Å². The van der Waals surface area contributed by atoms with Crippen molar-refractivity contribution in [3.8, 4) is 0 Å². The zero-order chi connectivity index (χ0) is 16.7. The average Bonchev–Trinajstić information content (AvgIpc) is 3.16. The Morgan fingerprint density at radius 3 is 3.00 bits per heavy atom. The summed E-state index contributed by atoms with van der Waals surface area (Å²) in [7, 11) is 0. The summed E-state index contributed by atoms with van der Waals surface area (Å²) in [6.45, 7) is 7.97. The molecular weight excluding hydrogens is 296 g/mol. The highest BCUT2D eigenvalue weighted by Crippen LogP contribution is 2.35. The van der Waals surface area contributed by atoms with Gasteiger partial charge in [0.05, 0.1) is 11.4 Å². The second-order valence-electron chi connectivity index (χ2n) is 8.28. The maximum Gasteiger partial charge on any atom is 0.198 e. The Bertz CT molecular complexity index is 709. The monoisotopic (exact) mass is 327 g/mol. The minimum Gasteiger partial charge on any atom is -0.282 e. The van der Waals surface area contributed by atoms with Gasteiger partial charge in [-0.05, 0) is 62.8 Å². The van der Waals surface area contributed by atoms with Crippen molar-refractivity contribution in [1.82, 2.24) is 15.3 Å². The van der Waals surface area contributed by atoms with Crippen LogP contribution in [0.3, 0.4) is 0 Å². The van der Waals surface area contributed by atoms with Crippen LogP contribution in [-0.4, -0.2) is 15.3 Å². The topological polar surface area (TPSA) is 48.4 Å². The SMILES string of the molecule is Cc1n[nH]c2c1CC(CC[n+]1cc3c([nH]1)C(C(C)C)CCC3)CC2. The molecule has 2 aliphatic rings. The van der Waals surface area contributed by atoms with Crippen molar-refractivity contribution in [2.75, 3.05) is 0 Å². The van der Waals surface area contributed by atoms with E-state index in [9.17, 15) is 0 Å². The molecule has 0 spiro atoms. The smallest absolute Gasteiger partial charge is 0.198 e. The van der Waals surface area contributed by atoms with E-state index < -0.39 is 0 Å². The standard InChI is InChI=1S/C20H30N4/c1-13(2)17-6-4-5-16-12-24(23-20(16)17)10-9-15-7-8-19-18(11-15)14(3)21-22-19/h12-13,15,17H,4-11H2,1-3H3,(H,21,22)/p+1. The Morgan fingerprint density at radius 2 is 2.17 bits per heavy atom. The van der Waals surface area contributed by atoms with Crippen molar-refractivity contribution < 1.29 is 4.68 Å². The van der Waals surface area contributed by atoms with Gasteiger partial charge < -0.3 is 0 Å². The van der Waals surface area contributed by atoms with E-state index in [2.05, 4.69) is 46.9 Å². The van der Waals surface area contributed by atoms with Crippen LogP contribution in [0.1, 0.15) is 73.7 Å². The Labute approximate surface area is 145 Å². The van der Waals surface area contributed by atoms with Crippen LogP contribution in [0.4, 0.5) is 0 Å². The van der Waals surface area contributed by atoms with Gasteiger partial charge in [0.15, 0.2) is 12.7 Å². The van der Waals surface area contributed by atoms with Gasteiger partial charge in [0.1, 0.15) is 0 Å². The number of aryl methyl sites for hydroxylation is 4. The third-order valence-corrected chi connectivity index (χ3v) is 6.29. The summed E-state index contributed by atoms with van der Waals surface area (Å²) in [5.74, 6) is 2.25. The quantitative estimate of drug-likeness (QED) is 0.828. The molecule has 0 radical (unpaired) electrons. The minimum absolute atomic E-state index is 0.723. The molecule has 2 atom stereocenters. The largest absolute Gasteiger partial charge is 0.282 e. The molecule has 2 N–H and O–H groups in total. The first-order chi connectivity index (χ1) is 11.6. The summed E-state index contributed by atoms with van der Waals surface area (Å²) in [6, 6.07) is 0. The first-order valence-electron chi connectivity index (χ1n) is 9.75. The average molecular weight is 327 g/mol. The summed E-state index contributed by atoms with van der Waals surface area (Å²) in [5.41, 5.74) is 7.16. The number of fused-ring (bicyclic) bond motifs is 2. The van der Waals surface area contributed by atoms with Gasteiger partial charge in [0.2, 0.25) is 0 Å². The number of H-pyrrole nitrogens is 2. The van der Waals surface area contributed by atoms with Crippen LogP contribution in [0.2, 0.25) is 0 Å². The van der Waals surface area contributed by atoms with Crippen LogP contribution in [0.25, 0.3) is 0 Å². The van der Waals surface area contributed by atoms with Gasteiger partial charge in [-0.2, -0.15) is 10.2 Å². The van der Waals surface area contributed by atoms with E-state index in [1.807, 2.05) is 0 Å². The van der Waals surface area contributed by atoms with Crippen molar-refractivity contribution in [3.05, 3.63) is 34.4 Å². The number of hydrogen-bond acceptors (Lipinski definition) is 1. The zero-order valence-electron chi connectivity index (χ0n) is 15.4. The maximum absolute atomic E-state index is 4.38. The van der Waals surface area contributed by atoms with Crippen LogP contribution in [-0.2, 0) is 25.8 Å². The highest BCUT2D eigenvalue weighted by atomic mass is 15.3. The molecule has 0 fully saturated rings. The number of aromatic amines is 2. The number of nitrogens with zero attached hydrogens (tertiary/aromatic N) is 2. The first kappa shape index (κ1) is 15.9. The van der Waals surface area contributed by atoms with E-state index in [4.69, 9.17) is 0 Å². The third-order valence-electron chi connectivity index (χ3n) is 6.29. The van der Waals surface area contributed by atoms with Gasteiger partial charge >= 0.3 is 0 Å². The molecule has 4 heteroatoms. The van der Waals surface area contributed by atoms with Gasteiger partial charge in [-0.15, -0.1) is 4.68 Å². The van der Waals surface area contributed by atoms with Crippen LogP contribution in [0.5, 0.6) is 0 Å². The number of nitrogens with one attached hydrogen (secondary N) is 2. The molecule has 4 rings (SSSR count). The van der Waals surface area contributed by atoms with E-state index in [0.717, 1.165) is 24.3 Å². The second-order valence-corrected chi connectivity index (χ2v) is 8.28. The van der Waals surface area contributed by atoms with Crippen molar-refractivity contribution >= 4 is 0 Å². The van der Waals surface area contributed by atoms with Crippen LogP contribution in [0, 0.1) is 18.8 Å². The highest BCUT2D eigenvalue weighted by Gasteiger charge is 2.29. The molecule has 24 heavy (non-hydrogen) atoms. The minimum atomic E-state index is 0.723. The molecule has 0 amide bonds. The van der Waals surface area contributed by atoms with E-state index in [-0.39, 0.29) is 0 Å². The molecule has 0 saturated heterocycles. The molecular formula is C20H31N4+. The molecule has 4 nitrogen and oxygen atoms in total. The third kappa shape index (κ3) is 2.91. The first-order valence-corrected chi connectivity index (χ1v) is 9.75. The fraction of sp³-hybridized carbons (Fsp3) is 0.700. The summed E-state index contributed by atoms with van der Waals surface area (Å²) in [4.78, 5) is 0. The Hall–Kier alpha value is -1.58. The van der Waals surface area contributed by atoms with Crippen LogP contribution in [0.15, 0.2) is 6.20 Å². The Balaban J connectivity index is 1.41. The summed E-state index contributed by atoms with van der Waals surface area (Å²) in [5, 5.41) is 11.3. The predicted octanol–water partition coefficient (Wildman–Crippen LogP) is 3.60. The zero-order valence-corrected chi connectivity index (χ0v) is 15.4. The molecule has 0 aromatic carbocycles. The van der Waals surface area contributed by atoms with Crippen molar-refractivity contribution in [1.29, 1.82) is 0 Å². The summed E-state index contributed by atoms with van der Waals surface area (Å²) < 4.78 is 2.36. The molecule has 2 aromatic rings. The lowest BCUT2D eigenvalue weighted by atomic mass is 9.81.